The average molecular weight is 476 g/mol. The molecule has 1 amide bonds. The van der Waals surface area contributed by atoms with Gasteiger partial charge in [0.2, 0.25) is 5.91 Å². The molecule has 5 heterocycles. The van der Waals surface area contributed by atoms with Crippen molar-refractivity contribution in [1.82, 2.24) is 35.0 Å². The number of benzene rings is 1. The van der Waals surface area contributed by atoms with Crippen molar-refractivity contribution in [3.8, 4) is 5.82 Å². The maximum atomic E-state index is 13.0. The average Bonchev–Trinajstić information content (AvgIpc) is 3.43. The summed E-state index contributed by atoms with van der Waals surface area (Å²) in [7, 11) is 0. The molecule has 0 N–H and O–H groups in total. The molecular formula is C24H25N7O4. The van der Waals surface area contributed by atoms with Crippen LogP contribution >= 0.6 is 0 Å². The second-order valence-electron chi connectivity index (χ2n) is 9.07. The first-order chi connectivity index (χ1) is 17.1. The minimum atomic E-state index is -0.248. The summed E-state index contributed by atoms with van der Waals surface area (Å²) in [4.78, 5) is 33.6. The summed E-state index contributed by atoms with van der Waals surface area (Å²) in [6.07, 6.45) is 4.17. The van der Waals surface area contributed by atoms with Crippen LogP contribution in [0.2, 0.25) is 0 Å². The van der Waals surface area contributed by atoms with Gasteiger partial charge in [0, 0.05) is 38.8 Å². The smallest absolute Gasteiger partial charge is 0.338 e. The van der Waals surface area contributed by atoms with Gasteiger partial charge in [-0.2, -0.15) is 4.68 Å². The van der Waals surface area contributed by atoms with Crippen molar-refractivity contribution in [2.75, 3.05) is 39.4 Å². The largest absolute Gasteiger partial charge is 0.462 e. The number of hydrogen-bond acceptors (Lipinski definition) is 9. The zero-order valence-electron chi connectivity index (χ0n) is 19.1. The second-order valence-corrected chi connectivity index (χ2v) is 9.07. The number of piperazine rings is 1. The quantitative estimate of drug-likeness (QED) is 0.500. The lowest BCUT2D eigenvalue weighted by molar-refractivity contribution is -0.139. The second kappa shape index (κ2) is 9.16. The van der Waals surface area contributed by atoms with Crippen LogP contribution in [-0.4, -0.2) is 92.3 Å². The fourth-order valence-corrected chi connectivity index (χ4v) is 4.97. The van der Waals surface area contributed by atoms with Gasteiger partial charge in [-0.1, -0.05) is 18.2 Å². The van der Waals surface area contributed by atoms with Crippen LogP contribution in [0, 0.1) is 0 Å². The predicted octanol–water partition coefficient (Wildman–Crippen LogP) is 0.597. The fourth-order valence-electron chi connectivity index (χ4n) is 4.97. The van der Waals surface area contributed by atoms with Gasteiger partial charge < -0.3 is 14.4 Å². The Kier molecular flexibility index (Phi) is 5.71. The molecule has 6 rings (SSSR count). The Morgan fingerprint density at radius 2 is 2.09 bits per heavy atom. The van der Waals surface area contributed by atoms with Crippen molar-refractivity contribution in [1.29, 1.82) is 0 Å². The standard InChI is InChI=1S/C24H25N7O4/c32-23(9-16-1-4-22(25-11-16)31-15-26-27-28-31)30-7-6-29-13-21(35-14-19(29)12-30)18-2-3-20-17(10-18)5-8-34-24(20)33/h1-4,10-11,15,19,21H,5-9,12-14H2/t19-,21-/m1/s1. The lowest BCUT2D eigenvalue weighted by atomic mass is 9.96. The van der Waals surface area contributed by atoms with Gasteiger partial charge in [0.05, 0.1) is 37.3 Å². The third-order valence-electron chi connectivity index (χ3n) is 6.92. The predicted molar refractivity (Wildman–Crippen MR) is 122 cm³/mol. The molecule has 3 aliphatic heterocycles. The number of nitrogens with zero attached hydrogens (tertiary/aromatic N) is 7. The summed E-state index contributed by atoms with van der Waals surface area (Å²) >= 11 is 0. The number of tetrazole rings is 1. The number of fused-ring (bicyclic) bond motifs is 2. The molecule has 35 heavy (non-hydrogen) atoms. The van der Waals surface area contributed by atoms with Gasteiger partial charge in [-0.05, 0) is 39.2 Å². The molecule has 2 atom stereocenters. The van der Waals surface area contributed by atoms with Crippen molar-refractivity contribution >= 4 is 11.9 Å². The van der Waals surface area contributed by atoms with Crippen LogP contribution in [0.1, 0.15) is 33.2 Å². The molecule has 3 aliphatic rings. The third kappa shape index (κ3) is 4.40. The Bertz CT molecular complexity index is 1230. The fraction of sp³-hybridized carbons (Fsp3) is 0.417. The van der Waals surface area contributed by atoms with E-state index in [0.29, 0.717) is 44.1 Å². The molecule has 0 bridgehead atoms. The first kappa shape index (κ1) is 21.8. The van der Waals surface area contributed by atoms with Crippen molar-refractivity contribution in [3.63, 3.8) is 0 Å². The number of morpholine rings is 1. The summed E-state index contributed by atoms with van der Waals surface area (Å²) in [6, 6.07) is 9.76. The van der Waals surface area contributed by atoms with Gasteiger partial charge in [-0.25, -0.2) is 9.78 Å². The van der Waals surface area contributed by atoms with E-state index in [0.717, 1.165) is 36.2 Å². The van der Waals surface area contributed by atoms with Crippen molar-refractivity contribution in [2.24, 2.45) is 0 Å². The molecule has 0 spiro atoms. The summed E-state index contributed by atoms with van der Waals surface area (Å²) in [5, 5.41) is 11.0. The van der Waals surface area contributed by atoms with E-state index in [1.807, 2.05) is 23.1 Å². The molecular weight excluding hydrogens is 450 g/mol. The normalized spacial score (nSPS) is 22.3. The molecule has 3 aromatic rings. The molecule has 1 aromatic carbocycles. The monoisotopic (exact) mass is 475 g/mol. The third-order valence-corrected chi connectivity index (χ3v) is 6.92. The number of carbonyl (C=O) groups excluding carboxylic acids is 2. The first-order valence-corrected chi connectivity index (χ1v) is 11.8. The van der Waals surface area contributed by atoms with E-state index in [-0.39, 0.29) is 24.0 Å². The van der Waals surface area contributed by atoms with Crippen LogP contribution in [0.15, 0.2) is 42.9 Å². The lowest BCUT2D eigenvalue weighted by Gasteiger charge is -2.46. The number of hydrogen-bond donors (Lipinski definition) is 0. The molecule has 11 heteroatoms. The SMILES string of the molecule is O=C1OCCc2cc([C@H]3CN4CCN(C(=O)Cc5ccc(-n6cnnn6)nc5)C[C@@H]4CO3)ccc21. The first-order valence-electron chi connectivity index (χ1n) is 11.8. The molecule has 0 saturated carbocycles. The highest BCUT2D eigenvalue weighted by molar-refractivity contribution is 5.92. The van der Waals surface area contributed by atoms with Gasteiger partial charge >= 0.3 is 5.97 Å². The van der Waals surface area contributed by atoms with Crippen LogP contribution in [0.5, 0.6) is 0 Å². The van der Waals surface area contributed by atoms with E-state index in [2.05, 4.69) is 31.5 Å². The number of cyclic esters (lactones) is 1. The van der Waals surface area contributed by atoms with E-state index in [4.69, 9.17) is 9.47 Å². The van der Waals surface area contributed by atoms with Crippen molar-refractivity contribution < 1.29 is 19.1 Å². The molecule has 180 valence electrons. The maximum Gasteiger partial charge on any atom is 0.338 e. The van der Waals surface area contributed by atoms with Crippen LogP contribution in [-0.2, 0) is 27.1 Å². The van der Waals surface area contributed by atoms with E-state index < -0.39 is 0 Å². The van der Waals surface area contributed by atoms with Crippen LogP contribution < -0.4 is 0 Å². The number of rotatable bonds is 4. The Hall–Kier alpha value is -3.70. The molecule has 2 fully saturated rings. The Morgan fingerprint density at radius 3 is 2.91 bits per heavy atom. The maximum absolute atomic E-state index is 13.0. The highest BCUT2D eigenvalue weighted by atomic mass is 16.5. The van der Waals surface area contributed by atoms with E-state index >= 15 is 0 Å². The highest BCUT2D eigenvalue weighted by Gasteiger charge is 2.36. The van der Waals surface area contributed by atoms with E-state index in [9.17, 15) is 9.59 Å². The van der Waals surface area contributed by atoms with Crippen LogP contribution in [0.4, 0.5) is 0 Å². The van der Waals surface area contributed by atoms with Gasteiger partial charge in [-0.15, -0.1) is 5.10 Å². The summed E-state index contributed by atoms with van der Waals surface area (Å²) in [5.74, 6) is 0.445. The molecule has 0 aliphatic carbocycles. The van der Waals surface area contributed by atoms with Crippen molar-refractivity contribution in [3.05, 3.63) is 65.1 Å². The summed E-state index contributed by atoms with van der Waals surface area (Å²) in [6.45, 7) is 3.92. The topological polar surface area (TPSA) is 116 Å². The zero-order valence-corrected chi connectivity index (χ0v) is 19.1. The van der Waals surface area contributed by atoms with Crippen LogP contribution in [0.3, 0.4) is 0 Å². The lowest BCUT2D eigenvalue weighted by Crippen LogP contribution is -2.59. The minimum absolute atomic E-state index is 0.0403. The molecule has 2 aromatic heterocycles. The Labute approximate surface area is 201 Å². The highest BCUT2D eigenvalue weighted by Crippen LogP contribution is 2.29. The van der Waals surface area contributed by atoms with Gasteiger partial charge in [0.1, 0.15) is 6.33 Å². The van der Waals surface area contributed by atoms with Crippen LogP contribution in [0.25, 0.3) is 5.82 Å². The Balaban J connectivity index is 1.05. The van der Waals surface area contributed by atoms with Crippen molar-refractivity contribution in [2.45, 2.75) is 25.0 Å². The number of carbonyl (C=O) groups is 2. The number of amides is 1. The number of aromatic nitrogens is 5. The minimum Gasteiger partial charge on any atom is -0.462 e. The van der Waals surface area contributed by atoms with Gasteiger partial charge in [0.25, 0.3) is 0 Å². The number of ether oxygens (including phenoxy) is 2. The van der Waals surface area contributed by atoms with E-state index in [1.165, 1.54) is 11.0 Å². The zero-order chi connectivity index (χ0) is 23.8. The Morgan fingerprint density at radius 1 is 1.14 bits per heavy atom. The molecule has 0 radical (unpaired) electrons. The number of pyridine rings is 1. The van der Waals surface area contributed by atoms with E-state index in [1.54, 1.807) is 12.3 Å². The van der Waals surface area contributed by atoms with Gasteiger partial charge in [-0.3, -0.25) is 9.69 Å². The molecule has 2 saturated heterocycles. The summed E-state index contributed by atoms with van der Waals surface area (Å²) in [5.41, 5.74) is 3.62. The van der Waals surface area contributed by atoms with Gasteiger partial charge in [0.15, 0.2) is 5.82 Å². The number of esters is 1. The molecule has 11 nitrogen and oxygen atoms in total. The molecule has 0 unspecified atom stereocenters. The summed E-state index contributed by atoms with van der Waals surface area (Å²) < 4.78 is 12.8.